The van der Waals surface area contributed by atoms with Gasteiger partial charge in [-0.05, 0) is 36.2 Å². The second kappa shape index (κ2) is 6.81. The van der Waals surface area contributed by atoms with Crippen molar-refractivity contribution >= 4 is 5.78 Å². The number of Topliss-reactive ketones (excluding diaryl/α,β-unsaturated/α-hetero) is 1. The number of benzene rings is 2. The largest absolute Gasteiger partial charge is 0.494 e. The number of ether oxygens (including phenoxy) is 1. The molecule has 0 saturated heterocycles. The minimum absolute atomic E-state index is 0.00367. The Kier molecular flexibility index (Phi) is 5.03. The zero-order valence-electron chi connectivity index (χ0n) is 12.3. The quantitative estimate of drug-likeness (QED) is 0.590. The van der Waals surface area contributed by atoms with Gasteiger partial charge < -0.3 is 4.74 Å². The molecule has 0 radical (unpaired) electrons. The maximum absolute atomic E-state index is 13.6. The summed E-state index contributed by atoms with van der Waals surface area (Å²) in [5.41, 5.74) is -0.608. The molecule has 23 heavy (non-hydrogen) atoms. The van der Waals surface area contributed by atoms with E-state index < -0.39 is 23.3 Å². The van der Waals surface area contributed by atoms with Crippen LogP contribution in [0.2, 0.25) is 0 Å². The van der Waals surface area contributed by atoms with Crippen LogP contribution in [0.25, 0.3) is 0 Å². The highest BCUT2D eigenvalue weighted by Crippen LogP contribution is 2.32. The van der Waals surface area contributed by atoms with Crippen molar-refractivity contribution in [2.75, 3.05) is 7.11 Å². The summed E-state index contributed by atoms with van der Waals surface area (Å²) in [4.78, 5) is 12.0. The van der Waals surface area contributed by atoms with Crippen molar-refractivity contribution in [2.24, 2.45) is 0 Å². The Bertz CT molecular complexity index is 708. The lowest BCUT2D eigenvalue weighted by molar-refractivity contribution is -0.138. The first-order valence-corrected chi connectivity index (χ1v) is 6.84. The van der Waals surface area contributed by atoms with Crippen molar-refractivity contribution in [3.05, 3.63) is 65.0 Å². The van der Waals surface area contributed by atoms with E-state index in [2.05, 4.69) is 0 Å². The molecule has 0 unspecified atom stereocenters. The van der Waals surface area contributed by atoms with E-state index in [-0.39, 0.29) is 29.7 Å². The molecule has 0 saturated carbocycles. The molecular weight excluding hydrogens is 312 g/mol. The van der Waals surface area contributed by atoms with Gasteiger partial charge in [0.1, 0.15) is 0 Å². The number of ketones is 1. The molecule has 0 amide bonds. The third-order valence-electron chi connectivity index (χ3n) is 3.42. The van der Waals surface area contributed by atoms with Crippen molar-refractivity contribution < 1.29 is 27.1 Å². The standard InChI is InChI=1S/C17H14F4O2/c1-23-16-9-7-12(10-14(16)18)15(22)8-6-11-4-2-3-5-13(11)17(19,20)21/h2-5,7,9-10H,6,8H2,1H3. The normalized spacial score (nSPS) is 11.3. The van der Waals surface area contributed by atoms with Crippen LogP contribution in [0, 0.1) is 5.82 Å². The van der Waals surface area contributed by atoms with Crippen LogP contribution in [-0.2, 0) is 12.6 Å². The summed E-state index contributed by atoms with van der Waals surface area (Å²) >= 11 is 0. The molecule has 2 rings (SSSR count). The van der Waals surface area contributed by atoms with E-state index >= 15 is 0 Å². The number of hydrogen-bond acceptors (Lipinski definition) is 2. The molecule has 0 aliphatic rings. The summed E-state index contributed by atoms with van der Waals surface area (Å²) in [5, 5.41) is 0. The van der Waals surface area contributed by atoms with Crippen LogP contribution in [0.4, 0.5) is 17.6 Å². The minimum Gasteiger partial charge on any atom is -0.494 e. The molecule has 2 nitrogen and oxygen atoms in total. The molecule has 0 N–H and O–H groups in total. The Balaban J connectivity index is 2.13. The molecular formula is C17H14F4O2. The smallest absolute Gasteiger partial charge is 0.416 e. The van der Waals surface area contributed by atoms with Gasteiger partial charge in [-0.15, -0.1) is 0 Å². The lowest BCUT2D eigenvalue weighted by Gasteiger charge is -2.12. The molecule has 0 spiro atoms. The minimum atomic E-state index is -4.47. The summed E-state index contributed by atoms with van der Waals surface area (Å²) in [7, 11) is 1.30. The summed E-state index contributed by atoms with van der Waals surface area (Å²) < 4.78 is 57.0. The first kappa shape index (κ1) is 17.0. The Labute approximate surface area is 130 Å². The molecule has 2 aromatic rings. The third kappa shape index (κ3) is 4.09. The van der Waals surface area contributed by atoms with Crippen LogP contribution >= 0.6 is 0 Å². The summed E-state index contributed by atoms with van der Waals surface area (Å²) in [6.07, 6.45) is -4.67. The molecule has 6 heteroatoms. The van der Waals surface area contributed by atoms with E-state index in [0.29, 0.717) is 0 Å². The van der Waals surface area contributed by atoms with Crippen molar-refractivity contribution in [3.8, 4) is 5.75 Å². The number of carbonyl (C=O) groups excluding carboxylic acids is 1. The monoisotopic (exact) mass is 326 g/mol. The average Bonchev–Trinajstić information content (AvgIpc) is 2.52. The van der Waals surface area contributed by atoms with Crippen LogP contribution in [0.1, 0.15) is 27.9 Å². The van der Waals surface area contributed by atoms with E-state index in [0.717, 1.165) is 12.1 Å². The third-order valence-corrected chi connectivity index (χ3v) is 3.42. The lowest BCUT2D eigenvalue weighted by Crippen LogP contribution is -2.10. The number of halogens is 4. The second-order valence-electron chi connectivity index (χ2n) is 4.93. The van der Waals surface area contributed by atoms with Gasteiger partial charge in [0.05, 0.1) is 12.7 Å². The van der Waals surface area contributed by atoms with Gasteiger partial charge in [-0.2, -0.15) is 13.2 Å². The number of rotatable bonds is 5. The van der Waals surface area contributed by atoms with Gasteiger partial charge >= 0.3 is 6.18 Å². The SMILES string of the molecule is COc1ccc(C(=O)CCc2ccccc2C(F)(F)F)cc1F. The van der Waals surface area contributed by atoms with Gasteiger partial charge in [-0.25, -0.2) is 4.39 Å². The van der Waals surface area contributed by atoms with Crippen LogP contribution in [0.3, 0.4) is 0 Å². The molecule has 0 fully saturated rings. The Morgan fingerprint density at radius 1 is 1.13 bits per heavy atom. The molecule has 0 atom stereocenters. The molecule has 0 aromatic heterocycles. The summed E-state index contributed by atoms with van der Waals surface area (Å²) in [5.74, 6) is -1.11. The molecule has 2 aromatic carbocycles. The highest BCUT2D eigenvalue weighted by atomic mass is 19.4. The number of alkyl halides is 3. The van der Waals surface area contributed by atoms with E-state index in [9.17, 15) is 22.4 Å². The molecule has 0 heterocycles. The fourth-order valence-electron chi connectivity index (χ4n) is 2.25. The van der Waals surface area contributed by atoms with Gasteiger partial charge in [0.25, 0.3) is 0 Å². The van der Waals surface area contributed by atoms with Gasteiger partial charge in [0, 0.05) is 12.0 Å². The first-order valence-electron chi connectivity index (χ1n) is 6.84. The maximum Gasteiger partial charge on any atom is 0.416 e. The van der Waals surface area contributed by atoms with E-state index in [1.807, 2.05) is 0 Å². The first-order chi connectivity index (χ1) is 10.8. The molecule has 0 bridgehead atoms. The predicted molar refractivity (Wildman–Crippen MR) is 77.0 cm³/mol. The van der Waals surface area contributed by atoms with Crippen molar-refractivity contribution in [1.82, 2.24) is 0 Å². The Morgan fingerprint density at radius 2 is 1.83 bits per heavy atom. The van der Waals surface area contributed by atoms with E-state index in [1.54, 1.807) is 0 Å². The highest BCUT2D eigenvalue weighted by Gasteiger charge is 2.32. The zero-order chi connectivity index (χ0) is 17.0. The Morgan fingerprint density at radius 3 is 2.43 bits per heavy atom. The lowest BCUT2D eigenvalue weighted by atomic mass is 9.98. The van der Waals surface area contributed by atoms with Crippen LogP contribution < -0.4 is 4.74 Å². The van der Waals surface area contributed by atoms with Crippen LogP contribution in [0.5, 0.6) is 5.75 Å². The van der Waals surface area contributed by atoms with E-state index in [4.69, 9.17) is 4.74 Å². The Hall–Kier alpha value is -2.37. The predicted octanol–water partition coefficient (Wildman–Crippen LogP) is 4.67. The topological polar surface area (TPSA) is 26.3 Å². The number of aryl methyl sites for hydroxylation is 1. The van der Waals surface area contributed by atoms with Gasteiger partial charge in [0.15, 0.2) is 17.3 Å². The fraction of sp³-hybridized carbons (Fsp3) is 0.235. The summed E-state index contributed by atoms with van der Waals surface area (Å²) in [6, 6.07) is 8.83. The number of carbonyl (C=O) groups is 1. The fourth-order valence-corrected chi connectivity index (χ4v) is 2.25. The van der Waals surface area contributed by atoms with Crippen LogP contribution in [0.15, 0.2) is 42.5 Å². The zero-order valence-corrected chi connectivity index (χ0v) is 12.3. The number of methoxy groups -OCH3 is 1. The second-order valence-corrected chi connectivity index (χ2v) is 4.93. The van der Waals surface area contributed by atoms with Crippen LogP contribution in [-0.4, -0.2) is 12.9 Å². The van der Waals surface area contributed by atoms with Gasteiger partial charge in [-0.3, -0.25) is 4.79 Å². The molecule has 0 aliphatic heterocycles. The van der Waals surface area contributed by atoms with Crippen molar-refractivity contribution in [2.45, 2.75) is 19.0 Å². The van der Waals surface area contributed by atoms with Crippen molar-refractivity contribution in [1.29, 1.82) is 0 Å². The van der Waals surface area contributed by atoms with Crippen molar-refractivity contribution in [3.63, 3.8) is 0 Å². The average molecular weight is 326 g/mol. The number of hydrogen-bond donors (Lipinski definition) is 0. The van der Waals surface area contributed by atoms with E-state index in [1.165, 1.54) is 37.4 Å². The summed E-state index contributed by atoms with van der Waals surface area (Å²) in [6.45, 7) is 0. The maximum atomic E-state index is 13.6. The molecule has 122 valence electrons. The highest BCUT2D eigenvalue weighted by molar-refractivity contribution is 5.96. The van der Waals surface area contributed by atoms with Gasteiger partial charge in [0.2, 0.25) is 0 Å². The van der Waals surface area contributed by atoms with Gasteiger partial charge in [-0.1, -0.05) is 18.2 Å². The molecule has 0 aliphatic carbocycles.